The largest absolute Gasteiger partial charge is 0.493 e. The predicted molar refractivity (Wildman–Crippen MR) is 77.1 cm³/mol. The quantitative estimate of drug-likeness (QED) is 0.806. The Hall–Kier alpha value is -1.81. The van der Waals surface area contributed by atoms with Crippen LogP contribution in [-0.4, -0.2) is 20.0 Å². The number of rotatable bonds is 4. The van der Waals surface area contributed by atoms with E-state index in [0.29, 0.717) is 22.6 Å². The van der Waals surface area contributed by atoms with Gasteiger partial charge in [-0.15, -0.1) is 0 Å². The van der Waals surface area contributed by atoms with E-state index >= 15 is 0 Å². The van der Waals surface area contributed by atoms with Gasteiger partial charge in [0.2, 0.25) is 0 Å². The molecule has 0 radical (unpaired) electrons. The molecule has 2 rings (SSSR count). The lowest BCUT2D eigenvalue weighted by Crippen LogP contribution is -2.02. The molecule has 0 saturated heterocycles. The van der Waals surface area contributed by atoms with Gasteiger partial charge in [-0.1, -0.05) is 28.1 Å². The summed E-state index contributed by atoms with van der Waals surface area (Å²) in [5.74, 6) is 1.10. The average molecular weight is 321 g/mol. The maximum Gasteiger partial charge on any atom is 0.193 e. The normalized spacial score (nSPS) is 10.1. The van der Waals surface area contributed by atoms with E-state index in [1.165, 1.54) is 0 Å². The molecule has 0 N–H and O–H groups in total. The van der Waals surface area contributed by atoms with Gasteiger partial charge < -0.3 is 9.47 Å². The van der Waals surface area contributed by atoms with Crippen LogP contribution in [0.25, 0.3) is 0 Å². The summed E-state index contributed by atoms with van der Waals surface area (Å²) < 4.78 is 11.2. The predicted octanol–water partition coefficient (Wildman–Crippen LogP) is 3.70. The standard InChI is InChI=1S/C15H13BrO3/c1-18-13-7-6-11(9-14(13)19-2)15(17)10-4-3-5-12(16)8-10/h3-9H,1-2H3. The molecule has 98 valence electrons. The van der Waals surface area contributed by atoms with E-state index in [-0.39, 0.29) is 5.78 Å². The van der Waals surface area contributed by atoms with Gasteiger partial charge in [-0.05, 0) is 30.3 Å². The summed E-state index contributed by atoms with van der Waals surface area (Å²) in [6.07, 6.45) is 0. The Morgan fingerprint density at radius 1 is 0.947 bits per heavy atom. The lowest BCUT2D eigenvalue weighted by atomic mass is 10.0. The molecule has 0 aliphatic heterocycles. The van der Waals surface area contributed by atoms with E-state index in [4.69, 9.17) is 9.47 Å². The minimum atomic E-state index is -0.0535. The fourth-order valence-electron chi connectivity index (χ4n) is 1.77. The molecule has 0 amide bonds. The van der Waals surface area contributed by atoms with Crippen molar-refractivity contribution in [1.29, 1.82) is 0 Å². The van der Waals surface area contributed by atoms with Crippen molar-refractivity contribution in [3.63, 3.8) is 0 Å². The van der Waals surface area contributed by atoms with Gasteiger partial charge in [0, 0.05) is 15.6 Å². The van der Waals surface area contributed by atoms with E-state index in [1.807, 2.05) is 12.1 Å². The summed E-state index contributed by atoms with van der Waals surface area (Å²) >= 11 is 3.36. The molecule has 0 aliphatic carbocycles. The average Bonchev–Trinajstić information content (AvgIpc) is 2.45. The van der Waals surface area contributed by atoms with Crippen molar-refractivity contribution in [2.45, 2.75) is 0 Å². The first-order valence-electron chi connectivity index (χ1n) is 5.68. The molecule has 0 bridgehead atoms. The van der Waals surface area contributed by atoms with Gasteiger partial charge in [-0.25, -0.2) is 0 Å². The molecule has 0 fully saturated rings. The molecular formula is C15H13BrO3. The molecule has 0 atom stereocenters. The number of methoxy groups -OCH3 is 2. The first-order chi connectivity index (χ1) is 9.15. The SMILES string of the molecule is COc1ccc(C(=O)c2cccc(Br)c2)cc1OC. The van der Waals surface area contributed by atoms with Crippen molar-refractivity contribution >= 4 is 21.7 Å². The molecule has 0 aromatic heterocycles. The van der Waals surface area contributed by atoms with Crippen LogP contribution in [0.3, 0.4) is 0 Å². The first-order valence-corrected chi connectivity index (χ1v) is 6.47. The monoisotopic (exact) mass is 320 g/mol. The van der Waals surface area contributed by atoms with Crippen LogP contribution >= 0.6 is 15.9 Å². The number of carbonyl (C=O) groups is 1. The number of benzene rings is 2. The molecule has 2 aromatic rings. The van der Waals surface area contributed by atoms with E-state index < -0.39 is 0 Å². The van der Waals surface area contributed by atoms with Crippen molar-refractivity contribution in [2.75, 3.05) is 14.2 Å². The summed E-state index contributed by atoms with van der Waals surface area (Å²) in [6, 6.07) is 12.4. The molecule has 3 nitrogen and oxygen atoms in total. The summed E-state index contributed by atoms with van der Waals surface area (Å²) in [4.78, 5) is 12.3. The maximum absolute atomic E-state index is 12.3. The van der Waals surface area contributed by atoms with Crippen molar-refractivity contribution in [2.24, 2.45) is 0 Å². The van der Waals surface area contributed by atoms with Crippen molar-refractivity contribution in [3.05, 3.63) is 58.1 Å². The number of ether oxygens (including phenoxy) is 2. The van der Waals surface area contributed by atoms with Gasteiger partial charge in [-0.3, -0.25) is 4.79 Å². The van der Waals surface area contributed by atoms with Crippen LogP contribution in [0.5, 0.6) is 11.5 Å². The third-order valence-corrected chi connectivity index (χ3v) is 3.23. The fourth-order valence-corrected chi connectivity index (χ4v) is 2.17. The summed E-state index contributed by atoms with van der Waals surface area (Å²) in [6.45, 7) is 0. The third kappa shape index (κ3) is 2.96. The van der Waals surface area contributed by atoms with Crippen LogP contribution in [0.2, 0.25) is 0 Å². The van der Waals surface area contributed by atoms with E-state index in [2.05, 4.69) is 15.9 Å². The molecule has 0 heterocycles. The van der Waals surface area contributed by atoms with Crippen molar-refractivity contribution in [1.82, 2.24) is 0 Å². The number of ketones is 1. The molecule has 0 unspecified atom stereocenters. The molecule has 0 spiro atoms. The highest BCUT2D eigenvalue weighted by Crippen LogP contribution is 2.28. The smallest absolute Gasteiger partial charge is 0.193 e. The van der Waals surface area contributed by atoms with Gasteiger partial charge >= 0.3 is 0 Å². The molecular weight excluding hydrogens is 308 g/mol. The topological polar surface area (TPSA) is 35.5 Å². The summed E-state index contributed by atoms with van der Waals surface area (Å²) in [5.41, 5.74) is 1.19. The second-order valence-electron chi connectivity index (χ2n) is 3.91. The minimum Gasteiger partial charge on any atom is -0.493 e. The Kier molecular flexibility index (Phi) is 4.22. The van der Waals surface area contributed by atoms with Crippen LogP contribution in [0.4, 0.5) is 0 Å². The van der Waals surface area contributed by atoms with Crippen molar-refractivity contribution < 1.29 is 14.3 Å². The zero-order valence-electron chi connectivity index (χ0n) is 10.6. The van der Waals surface area contributed by atoms with Crippen LogP contribution in [0.15, 0.2) is 46.9 Å². The fraction of sp³-hybridized carbons (Fsp3) is 0.133. The van der Waals surface area contributed by atoms with Crippen LogP contribution in [-0.2, 0) is 0 Å². The Morgan fingerprint density at radius 3 is 2.26 bits per heavy atom. The zero-order valence-corrected chi connectivity index (χ0v) is 12.2. The van der Waals surface area contributed by atoms with Crippen LogP contribution in [0, 0.1) is 0 Å². The second-order valence-corrected chi connectivity index (χ2v) is 4.82. The first kappa shape index (κ1) is 13.6. The van der Waals surface area contributed by atoms with E-state index in [0.717, 1.165) is 4.47 Å². The number of halogens is 1. The molecule has 2 aromatic carbocycles. The molecule has 19 heavy (non-hydrogen) atoms. The highest BCUT2D eigenvalue weighted by Gasteiger charge is 2.12. The van der Waals surface area contributed by atoms with Gasteiger partial charge in [0.1, 0.15) is 0 Å². The van der Waals surface area contributed by atoms with E-state index in [1.54, 1.807) is 44.6 Å². The molecule has 4 heteroatoms. The maximum atomic E-state index is 12.3. The van der Waals surface area contributed by atoms with Gasteiger partial charge in [0.05, 0.1) is 14.2 Å². The Labute approximate surface area is 120 Å². The lowest BCUT2D eigenvalue weighted by molar-refractivity contribution is 0.103. The van der Waals surface area contributed by atoms with E-state index in [9.17, 15) is 4.79 Å². The second kappa shape index (κ2) is 5.89. The molecule has 0 aliphatic rings. The Balaban J connectivity index is 2.39. The third-order valence-electron chi connectivity index (χ3n) is 2.73. The number of carbonyl (C=O) groups excluding carboxylic acids is 1. The van der Waals surface area contributed by atoms with Gasteiger partial charge in [0.15, 0.2) is 17.3 Å². The number of hydrogen-bond donors (Lipinski definition) is 0. The summed E-state index contributed by atoms with van der Waals surface area (Å²) in [7, 11) is 3.11. The van der Waals surface area contributed by atoms with Crippen LogP contribution < -0.4 is 9.47 Å². The Bertz CT molecular complexity index is 608. The Morgan fingerprint density at radius 2 is 1.63 bits per heavy atom. The molecule has 0 saturated carbocycles. The summed E-state index contributed by atoms with van der Waals surface area (Å²) in [5, 5.41) is 0. The van der Waals surface area contributed by atoms with Gasteiger partial charge in [0.25, 0.3) is 0 Å². The lowest BCUT2D eigenvalue weighted by Gasteiger charge is -2.09. The highest BCUT2D eigenvalue weighted by molar-refractivity contribution is 9.10. The van der Waals surface area contributed by atoms with Crippen molar-refractivity contribution in [3.8, 4) is 11.5 Å². The van der Waals surface area contributed by atoms with Gasteiger partial charge in [-0.2, -0.15) is 0 Å². The highest BCUT2D eigenvalue weighted by atomic mass is 79.9. The zero-order chi connectivity index (χ0) is 13.8. The minimum absolute atomic E-state index is 0.0535. The number of hydrogen-bond acceptors (Lipinski definition) is 3. The van der Waals surface area contributed by atoms with Crippen LogP contribution in [0.1, 0.15) is 15.9 Å².